The second-order valence-corrected chi connectivity index (χ2v) is 7.55. The third-order valence-corrected chi connectivity index (χ3v) is 4.48. The van der Waals surface area contributed by atoms with Crippen LogP contribution in [0.1, 0.15) is 6.42 Å². The van der Waals surface area contributed by atoms with Gasteiger partial charge in [-0.2, -0.15) is 0 Å². The molecular weight excluding hydrogens is 316 g/mol. The van der Waals surface area contributed by atoms with Gasteiger partial charge >= 0.3 is 0 Å². The van der Waals surface area contributed by atoms with E-state index in [2.05, 4.69) is 0 Å². The van der Waals surface area contributed by atoms with Crippen molar-refractivity contribution in [3.8, 4) is 0 Å². The normalized spacial score (nSPS) is 20.1. The quantitative estimate of drug-likeness (QED) is 0.802. The molecule has 1 amide bonds. The molecule has 0 bridgehead atoms. The Morgan fingerprint density at radius 2 is 2.11 bits per heavy atom. The van der Waals surface area contributed by atoms with E-state index in [-0.39, 0.29) is 35.3 Å². The van der Waals surface area contributed by atoms with E-state index in [1.165, 1.54) is 23.1 Å². The number of anilines is 1. The van der Waals surface area contributed by atoms with E-state index in [4.69, 9.17) is 22.3 Å². The van der Waals surface area contributed by atoms with Crippen LogP contribution in [0.2, 0.25) is 5.02 Å². The molecule has 0 saturated carbocycles. The average Bonchev–Trinajstić information content (AvgIpc) is 2.61. The van der Waals surface area contributed by atoms with Crippen LogP contribution in [-0.2, 0) is 13.8 Å². The molecule has 104 valence electrons. The Kier molecular flexibility index (Phi) is 4.03. The van der Waals surface area contributed by atoms with Gasteiger partial charge in [0.05, 0.1) is 11.4 Å². The predicted octanol–water partition coefficient (Wildman–Crippen LogP) is 2.40. The molecule has 0 N–H and O–H groups in total. The lowest BCUT2D eigenvalue weighted by atomic mass is 10.1. The van der Waals surface area contributed by atoms with E-state index in [1.54, 1.807) is 0 Å². The van der Waals surface area contributed by atoms with Crippen LogP contribution >= 0.6 is 22.3 Å². The Balaban J connectivity index is 2.23. The lowest BCUT2D eigenvalue weighted by Gasteiger charge is -2.18. The van der Waals surface area contributed by atoms with Crippen molar-refractivity contribution in [3.05, 3.63) is 29.0 Å². The summed E-state index contributed by atoms with van der Waals surface area (Å²) in [5, 5.41) is -0.148. The molecule has 1 heterocycles. The molecule has 1 aromatic rings. The average molecular weight is 326 g/mol. The summed E-state index contributed by atoms with van der Waals surface area (Å²) < 4.78 is 35.4. The smallest absolute Gasteiger partial charge is 0.232 e. The number of hydrogen-bond donors (Lipinski definition) is 0. The van der Waals surface area contributed by atoms with E-state index in [1.807, 2.05) is 0 Å². The highest BCUT2D eigenvalue weighted by Crippen LogP contribution is 2.33. The molecule has 1 aromatic carbocycles. The van der Waals surface area contributed by atoms with Crippen molar-refractivity contribution in [1.82, 2.24) is 0 Å². The second-order valence-electron chi connectivity index (χ2n) is 4.35. The molecule has 2 rings (SSSR count). The Morgan fingerprint density at radius 3 is 2.74 bits per heavy atom. The number of amides is 1. The minimum atomic E-state index is -3.67. The minimum absolute atomic E-state index is 0.0544. The number of nitrogens with zero attached hydrogens (tertiary/aromatic N) is 1. The number of benzene rings is 1. The molecule has 4 nitrogen and oxygen atoms in total. The first kappa shape index (κ1) is 14.6. The van der Waals surface area contributed by atoms with Gasteiger partial charge in [-0.15, -0.1) is 0 Å². The van der Waals surface area contributed by atoms with Crippen molar-refractivity contribution in [1.29, 1.82) is 0 Å². The maximum Gasteiger partial charge on any atom is 0.232 e. The zero-order chi connectivity index (χ0) is 14.2. The fraction of sp³-hybridized carbons (Fsp3) is 0.364. The van der Waals surface area contributed by atoms with Crippen LogP contribution in [0.3, 0.4) is 0 Å². The summed E-state index contributed by atoms with van der Waals surface area (Å²) in [6.45, 7) is 0.161. The van der Waals surface area contributed by atoms with Crippen molar-refractivity contribution in [2.75, 3.05) is 17.2 Å². The van der Waals surface area contributed by atoms with Gasteiger partial charge in [0.2, 0.25) is 15.0 Å². The van der Waals surface area contributed by atoms with Gasteiger partial charge < -0.3 is 4.90 Å². The van der Waals surface area contributed by atoms with Gasteiger partial charge in [0, 0.05) is 29.6 Å². The number of carbonyl (C=O) groups excluding carboxylic acids is 1. The van der Waals surface area contributed by atoms with E-state index in [0.717, 1.165) is 0 Å². The fourth-order valence-corrected chi connectivity index (χ4v) is 3.66. The van der Waals surface area contributed by atoms with Crippen molar-refractivity contribution in [3.63, 3.8) is 0 Å². The summed E-state index contributed by atoms with van der Waals surface area (Å²) in [7, 11) is 1.50. The summed E-state index contributed by atoms with van der Waals surface area (Å²) in [5.41, 5.74) is 0.251. The lowest BCUT2D eigenvalue weighted by molar-refractivity contribution is -0.117. The fourth-order valence-electron chi connectivity index (χ4n) is 2.11. The molecule has 0 radical (unpaired) electrons. The molecule has 8 heteroatoms. The SMILES string of the molecule is O=C1CC(CS(=O)(=O)Cl)CN1c1cccc(F)c1Cl. The zero-order valence-corrected chi connectivity index (χ0v) is 12.0. The van der Waals surface area contributed by atoms with Crippen molar-refractivity contribution >= 4 is 42.9 Å². The molecule has 0 aromatic heterocycles. The highest BCUT2D eigenvalue weighted by Gasteiger charge is 2.34. The first-order valence-electron chi connectivity index (χ1n) is 5.44. The van der Waals surface area contributed by atoms with Crippen LogP contribution in [0.4, 0.5) is 10.1 Å². The van der Waals surface area contributed by atoms with Crippen LogP contribution in [0.25, 0.3) is 0 Å². The lowest BCUT2D eigenvalue weighted by Crippen LogP contribution is -2.25. The number of halogens is 3. The topological polar surface area (TPSA) is 54.5 Å². The molecule has 1 aliphatic heterocycles. The summed E-state index contributed by atoms with van der Waals surface area (Å²) in [6, 6.07) is 4.14. The van der Waals surface area contributed by atoms with Crippen molar-refractivity contribution in [2.45, 2.75) is 6.42 Å². The first-order valence-corrected chi connectivity index (χ1v) is 8.30. The Labute approximate surface area is 119 Å². The summed E-state index contributed by atoms with van der Waals surface area (Å²) >= 11 is 5.81. The third kappa shape index (κ3) is 3.38. The summed E-state index contributed by atoms with van der Waals surface area (Å²) in [4.78, 5) is 13.1. The monoisotopic (exact) mass is 325 g/mol. The number of hydrogen-bond acceptors (Lipinski definition) is 3. The van der Waals surface area contributed by atoms with Crippen molar-refractivity contribution in [2.24, 2.45) is 5.92 Å². The summed E-state index contributed by atoms with van der Waals surface area (Å²) in [5.74, 6) is -1.61. The van der Waals surface area contributed by atoms with Crippen LogP contribution in [-0.4, -0.2) is 26.6 Å². The van der Waals surface area contributed by atoms with Gasteiger partial charge in [0.15, 0.2) is 0 Å². The Hall–Kier alpha value is -0.850. The maximum absolute atomic E-state index is 13.3. The van der Waals surface area contributed by atoms with Crippen LogP contribution in [0.5, 0.6) is 0 Å². The number of carbonyl (C=O) groups is 1. The van der Waals surface area contributed by atoms with Gasteiger partial charge in [-0.1, -0.05) is 17.7 Å². The first-order chi connectivity index (χ1) is 8.78. The molecule has 1 aliphatic rings. The molecule has 0 spiro atoms. The molecule has 19 heavy (non-hydrogen) atoms. The maximum atomic E-state index is 13.3. The Bertz CT molecular complexity index is 620. The standard InChI is InChI=1S/C11H10Cl2FNO3S/c12-11-8(14)2-1-3-9(11)15-5-7(4-10(15)16)6-19(13,17)18/h1-3,7H,4-6H2. The predicted molar refractivity (Wildman–Crippen MR) is 71.5 cm³/mol. The largest absolute Gasteiger partial charge is 0.310 e. The van der Waals surface area contributed by atoms with Crippen molar-refractivity contribution < 1.29 is 17.6 Å². The van der Waals surface area contributed by atoms with E-state index in [9.17, 15) is 17.6 Å². The molecule has 0 aliphatic carbocycles. The highest BCUT2D eigenvalue weighted by molar-refractivity contribution is 8.13. The summed E-state index contributed by atoms with van der Waals surface area (Å²) in [6.07, 6.45) is 0.0544. The van der Waals surface area contributed by atoms with Gasteiger partial charge in [0.1, 0.15) is 10.8 Å². The molecule has 1 atom stereocenters. The van der Waals surface area contributed by atoms with Crippen LogP contribution < -0.4 is 4.90 Å². The molecule has 1 unspecified atom stereocenters. The number of rotatable bonds is 3. The molecule has 1 saturated heterocycles. The molecular formula is C11H10Cl2FNO3S. The van der Waals surface area contributed by atoms with Gasteiger partial charge in [0.25, 0.3) is 0 Å². The van der Waals surface area contributed by atoms with Crippen LogP contribution in [0.15, 0.2) is 18.2 Å². The zero-order valence-electron chi connectivity index (χ0n) is 9.64. The third-order valence-electron chi connectivity index (χ3n) is 2.86. The Morgan fingerprint density at radius 1 is 1.42 bits per heavy atom. The van der Waals surface area contributed by atoms with Crippen LogP contribution in [0, 0.1) is 11.7 Å². The second kappa shape index (κ2) is 5.26. The molecule has 1 fully saturated rings. The van der Waals surface area contributed by atoms with Gasteiger partial charge in [-0.05, 0) is 12.1 Å². The van der Waals surface area contributed by atoms with Gasteiger partial charge in [-0.3, -0.25) is 4.79 Å². The minimum Gasteiger partial charge on any atom is -0.310 e. The van der Waals surface area contributed by atoms with E-state index >= 15 is 0 Å². The van der Waals surface area contributed by atoms with Gasteiger partial charge in [-0.25, -0.2) is 12.8 Å². The highest BCUT2D eigenvalue weighted by atomic mass is 35.7. The van der Waals surface area contributed by atoms with E-state index in [0.29, 0.717) is 0 Å². The van der Waals surface area contributed by atoms with E-state index < -0.39 is 20.8 Å².